The molecule has 0 fully saturated rings. The van der Waals surface area contributed by atoms with Crippen molar-refractivity contribution in [1.82, 2.24) is 10.2 Å². The van der Waals surface area contributed by atoms with E-state index in [4.69, 9.17) is 0 Å². The summed E-state index contributed by atoms with van der Waals surface area (Å²) < 4.78 is 0. The summed E-state index contributed by atoms with van der Waals surface area (Å²) in [6.07, 6.45) is 0.817. The Kier molecular flexibility index (Phi) is 8.43. The smallest absolute Gasteiger partial charge is 0.371 e. The molecule has 154 valence electrons. The Balaban J connectivity index is 2.29. The molecule has 0 spiro atoms. The van der Waals surface area contributed by atoms with E-state index >= 15 is 0 Å². The topological polar surface area (TPSA) is 89.9 Å². The number of aliphatic hydroxyl groups is 1. The third kappa shape index (κ3) is 5.93. The van der Waals surface area contributed by atoms with Gasteiger partial charge in [0.05, 0.1) is 0 Å². The van der Waals surface area contributed by atoms with Gasteiger partial charge < -0.3 is 20.4 Å². The van der Waals surface area contributed by atoms with E-state index in [1.807, 2.05) is 0 Å². The number of carbonyl (C=O) groups excluding carboxylic acids is 1. The summed E-state index contributed by atoms with van der Waals surface area (Å²) in [6, 6.07) is 15.4. The van der Waals surface area contributed by atoms with Crippen molar-refractivity contribution >= 4 is 17.4 Å². The van der Waals surface area contributed by atoms with Crippen LogP contribution in [0.15, 0.2) is 60.4 Å². The van der Waals surface area contributed by atoms with Crippen LogP contribution in [0.4, 0.5) is 0 Å². The Labute approximate surface area is 171 Å². The third-order valence-electron chi connectivity index (χ3n) is 4.77. The third-order valence-corrected chi connectivity index (χ3v) is 4.77. The van der Waals surface area contributed by atoms with Crippen LogP contribution in [-0.2, 0) is 4.79 Å². The molecule has 0 aliphatic heterocycles. The quantitative estimate of drug-likeness (QED) is 0.325. The summed E-state index contributed by atoms with van der Waals surface area (Å²) >= 11 is 0. The van der Waals surface area contributed by atoms with Crippen LogP contribution in [0.5, 0.6) is 0 Å². The standard InChI is InChI=1S/C23H28N2O4/c1-3-25(4-2)16-10-15-24-22(27)19-14-9-8-13-18(19)20(21(26)23(28)29)17-11-6-5-7-12-17/h5-9,11-14,26H,3-4,10,15-16H2,1-2H3,(H,24,27)(H,28,29)/b21-20-. The summed E-state index contributed by atoms with van der Waals surface area (Å²) in [6.45, 7) is 7.54. The second-order valence-corrected chi connectivity index (χ2v) is 6.58. The summed E-state index contributed by atoms with van der Waals surface area (Å²) in [5, 5.41) is 22.5. The van der Waals surface area contributed by atoms with E-state index in [1.165, 1.54) is 0 Å². The van der Waals surface area contributed by atoms with Gasteiger partial charge in [0.25, 0.3) is 5.91 Å². The molecule has 6 heteroatoms. The number of benzene rings is 2. The Morgan fingerprint density at radius 2 is 1.48 bits per heavy atom. The average Bonchev–Trinajstić information content (AvgIpc) is 2.75. The maximum absolute atomic E-state index is 12.8. The molecule has 0 heterocycles. The molecule has 2 rings (SSSR count). The van der Waals surface area contributed by atoms with Crippen LogP contribution in [0.2, 0.25) is 0 Å². The number of nitrogens with one attached hydrogen (secondary N) is 1. The van der Waals surface area contributed by atoms with Crippen molar-refractivity contribution in [2.75, 3.05) is 26.2 Å². The van der Waals surface area contributed by atoms with Gasteiger partial charge in [0, 0.05) is 17.7 Å². The summed E-state index contributed by atoms with van der Waals surface area (Å²) in [5.41, 5.74) is 1.34. The first kappa shape index (κ1) is 22.2. The lowest BCUT2D eigenvalue weighted by molar-refractivity contribution is -0.135. The van der Waals surface area contributed by atoms with Crippen LogP contribution in [0.1, 0.15) is 41.8 Å². The second kappa shape index (κ2) is 11.0. The van der Waals surface area contributed by atoms with E-state index in [-0.39, 0.29) is 11.5 Å². The van der Waals surface area contributed by atoms with Crippen molar-refractivity contribution in [3.05, 3.63) is 77.0 Å². The van der Waals surface area contributed by atoms with Crippen molar-refractivity contribution in [2.24, 2.45) is 0 Å². The highest BCUT2D eigenvalue weighted by molar-refractivity contribution is 6.05. The Morgan fingerprint density at radius 1 is 0.897 bits per heavy atom. The van der Waals surface area contributed by atoms with Crippen LogP contribution < -0.4 is 5.32 Å². The van der Waals surface area contributed by atoms with Gasteiger partial charge in [-0.2, -0.15) is 0 Å². The Bertz CT molecular complexity index is 858. The predicted molar refractivity (Wildman–Crippen MR) is 114 cm³/mol. The highest BCUT2D eigenvalue weighted by atomic mass is 16.4. The number of carbonyl (C=O) groups is 2. The molecule has 0 bridgehead atoms. The van der Waals surface area contributed by atoms with Gasteiger partial charge in [-0.3, -0.25) is 4.79 Å². The van der Waals surface area contributed by atoms with E-state index in [0.717, 1.165) is 26.1 Å². The molecule has 1 amide bonds. The fourth-order valence-corrected chi connectivity index (χ4v) is 3.17. The molecule has 0 saturated carbocycles. The molecule has 6 nitrogen and oxygen atoms in total. The fourth-order valence-electron chi connectivity index (χ4n) is 3.17. The van der Waals surface area contributed by atoms with E-state index in [2.05, 4.69) is 24.1 Å². The van der Waals surface area contributed by atoms with Gasteiger partial charge in [0.15, 0.2) is 0 Å². The zero-order chi connectivity index (χ0) is 21.2. The number of hydrogen-bond donors (Lipinski definition) is 3. The minimum Gasteiger partial charge on any atom is -0.501 e. The zero-order valence-electron chi connectivity index (χ0n) is 16.9. The van der Waals surface area contributed by atoms with Crippen LogP contribution in [0.3, 0.4) is 0 Å². The normalized spacial score (nSPS) is 11.8. The molecule has 0 atom stereocenters. The molecule has 0 radical (unpaired) electrons. The summed E-state index contributed by atoms with van der Waals surface area (Å²) in [7, 11) is 0. The second-order valence-electron chi connectivity index (χ2n) is 6.58. The fraction of sp³-hybridized carbons (Fsp3) is 0.304. The van der Waals surface area contributed by atoms with Crippen LogP contribution in [-0.4, -0.2) is 53.2 Å². The zero-order valence-corrected chi connectivity index (χ0v) is 16.9. The predicted octanol–water partition coefficient (Wildman–Crippen LogP) is 3.55. The molecular weight excluding hydrogens is 368 g/mol. The number of nitrogens with zero attached hydrogens (tertiary/aromatic N) is 1. The van der Waals surface area contributed by atoms with Gasteiger partial charge in [-0.05, 0) is 43.2 Å². The molecule has 0 aliphatic carbocycles. The van der Waals surface area contributed by atoms with Crippen molar-refractivity contribution < 1.29 is 19.8 Å². The number of amides is 1. The number of aliphatic carboxylic acids is 1. The van der Waals surface area contributed by atoms with E-state index in [0.29, 0.717) is 23.2 Å². The number of aliphatic hydroxyl groups excluding tert-OH is 1. The van der Waals surface area contributed by atoms with E-state index in [9.17, 15) is 19.8 Å². The molecular formula is C23H28N2O4. The Morgan fingerprint density at radius 3 is 2.07 bits per heavy atom. The average molecular weight is 396 g/mol. The SMILES string of the molecule is CCN(CC)CCCNC(=O)c1ccccc1/C(=C(\O)C(=O)O)c1ccccc1. The lowest BCUT2D eigenvalue weighted by atomic mass is 9.92. The van der Waals surface area contributed by atoms with Gasteiger partial charge in [-0.25, -0.2) is 4.79 Å². The monoisotopic (exact) mass is 396 g/mol. The highest BCUT2D eigenvalue weighted by Gasteiger charge is 2.21. The van der Waals surface area contributed by atoms with Crippen molar-refractivity contribution in [3.63, 3.8) is 0 Å². The molecule has 0 unspecified atom stereocenters. The molecule has 29 heavy (non-hydrogen) atoms. The number of carboxylic acid groups (broad SMARTS) is 1. The lowest BCUT2D eigenvalue weighted by Crippen LogP contribution is -2.30. The number of carboxylic acids is 1. The maximum Gasteiger partial charge on any atom is 0.371 e. The molecule has 0 aliphatic rings. The maximum atomic E-state index is 12.8. The molecule has 2 aromatic rings. The molecule has 2 aromatic carbocycles. The van der Waals surface area contributed by atoms with Crippen LogP contribution in [0, 0.1) is 0 Å². The summed E-state index contributed by atoms with van der Waals surface area (Å²) in [5.74, 6) is -2.54. The van der Waals surface area contributed by atoms with Gasteiger partial charge in [0.1, 0.15) is 0 Å². The molecule has 0 saturated heterocycles. The number of hydrogen-bond acceptors (Lipinski definition) is 4. The minimum absolute atomic E-state index is 0.118. The first-order chi connectivity index (χ1) is 14.0. The lowest BCUT2D eigenvalue weighted by Gasteiger charge is -2.18. The first-order valence-electron chi connectivity index (χ1n) is 9.81. The van der Waals surface area contributed by atoms with Crippen molar-refractivity contribution in [2.45, 2.75) is 20.3 Å². The highest BCUT2D eigenvalue weighted by Crippen LogP contribution is 2.29. The number of rotatable bonds is 10. The Hall–Kier alpha value is -3.12. The van der Waals surface area contributed by atoms with Gasteiger partial charge in [-0.1, -0.05) is 62.4 Å². The van der Waals surface area contributed by atoms with Gasteiger partial charge in [0.2, 0.25) is 5.76 Å². The minimum atomic E-state index is -1.45. The van der Waals surface area contributed by atoms with Gasteiger partial charge in [-0.15, -0.1) is 0 Å². The van der Waals surface area contributed by atoms with Crippen LogP contribution >= 0.6 is 0 Å². The van der Waals surface area contributed by atoms with Crippen molar-refractivity contribution in [3.8, 4) is 0 Å². The molecule has 3 N–H and O–H groups in total. The molecule has 0 aromatic heterocycles. The van der Waals surface area contributed by atoms with Crippen molar-refractivity contribution in [1.29, 1.82) is 0 Å². The first-order valence-corrected chi connectivity index (χ1v) is 9.81. The largest absolute Gasteiger partial charge is 0.501 e. The van der Waals surface area contributed by atoms with E-state index < -0.39 is 11.7 Å². The van der Waals surface area contributed by atoms with E-state index in [1.54, 1.807) is 54.6 Å². The van der Waals surface area contributed by atoms with Crippen LogP contribution in [0.25, 0.3) is 5.57 Å². The van der Waals surface area contributed by atoms with Gasteiger partial charge >= 0.3 is 5.97 Å². The summed E-state index contributed by atoms with van der Waals surface area (Å²) in [4.78, 5) is 26.6.